The first kappa shape index (κ1) is 11.3. The number of pyridine rings is 1. The monoisotopic (exact) mass is 232 g/mol. The van der Waals surface area contributed by atoms with E-state index in [1.165, 1.54) is 10.4 Å². The van der Waals surface area contributed by atoms with E-state index in [0.29, 0.717) is 0 Å². The molecular formula is C13H16N2S. The molecular weight excluding hydrogens is 216 g/mol. The van der Waals surface area contributed by atoms with Crippen molar-refractivity contribution in [3.05, 3.63) is 52.5 Å². The minimum absolute atomic E-state index is 1.04. The van der Waals surface area contributed by atoms with E-state index < -0.39 is 0 Å². The van der Waals surface area contributed by atoms with Crippen LogP contribution in [-0.2, 0) is 12.8 Å². The van der Waals surface area contributed by atoms with Crippen LogP contribution in [0, 0.1) is 0 Å². The zero-order chi connectivity index (χ0) is 11.1. The highest BCUT2D eigenvalue weighted by molar-refractivity contribution is 7.09. The molecule has 0 fully saturated rings. The van der Waals surface area contributed by atoms with E-state index in [1.54, 1.807) is 0 Å². The molecule has 0 atom stereocenters. The molecule has 2 rings (SSSR count). The van der Waals surface area contributed by atoms with Gasteiger partial charge in [-0.05, 0) is 55.1 Å². The Morgan fingerprint density at radius 3 is 2.62 bits per heavy atom. The van der Waals surface area contributed by atoms with Gasteiger partial charge in [0.05, 0.1) is 0 Å². The third-order valence-electron chi connectivity index (χ3n) is 2.47. The summed E-state index contributed by atoms with van der Waals surface area (Å²) in [4.78, 5) is 5.46. The van der Waals surface area contributed by atoms with Gasteiger partial charge >= 0.3 is 0 Å². The quantitative estimate of drug-likeness (QED) is 0.774. The number of aromatic nitrogens is 1. The smallest absolute Gasteiger partial charge is 0.0270 e. The fourth-order valence-corrected chi connectivity index (χ4v) is 2.28. The zero-order valence-corrected chi connectivity index (χ0v) is 10.0. The fourth-order valence-electron chi connectivity index (χ4n) is 1.57. The predicted octanol–water partition coefficient (Wildman–Crippen LogP) is 2.52. The van der Waals surface area contributed by atoms with E-state index in [-0.39, 0.29) is 0 Å². The lowest BCUT2D eigenvalue weighted by Gasteiger charge is -2.03. The summed E-state index contributed by atoms with van der Waals surface area (Å²) in [5.41, 5.74) is 1.35. The zero-order valence-electron chi connectivity index (χ0n) is 9.23. The van der Waals surface area contributed by atoms with Crippen molar-refractivity contribution < 1.29 is 0 Å². The largest absolute Gasteiger partial charge is 0.316 e. The molecule has 2 aromatic rings. The number of nitrogens with zero attached hydrogens (tertiary/aromatic N) is 1. The van der Waals surface area contributed by atoms with Gasteiger partial charge in [0.25, 0.3) is 0 Å². The lowest BCUT2D eigenvalue weighted by Crippen LogP contribution is -2.19. The summed E-state index contributed by atoms with van der Waals surface area (Å²) < 4.78 is 0. The highest BCUT2D eigenvalue weighted by Gasteiger charge is 1.94. The van der Waals surface area contributed by atoms with Crippen LogP contribution < -0.4 is 5.32 Å². The Kier molecular flexibility index (Phi) is 4.52. The van der Waals surface area contributed by atoms with Gasteiger partial charge in [0.2, 0.25) is 0 Å². The van der Waals surface area contributed by atoms with E-state index in [2.05, 4.69) is 39.9 Å². The molecule has 84 valence electrons. The molecule has 0 saturated heterocycles. The van der Waals surface area contributed by atoms with Crippen LogP contribution in [0.4, 0.5) is 0 Å². The van der Waals surface area contributed by atoms with Crippen LogP contribution >= 0.6 is 11.3 Å². The second kappa shape index (κ2) is 6.40. The predicted molar refractivity (Wildman–Crippen MR) is 68.8 cm³/mol. The van der Waals surface area contributed by atoms with Crippen molar-refractivity contribution in [3.8, 4) is 0 Å². The second-order valence-electron chi connectivity index (χ2n) is 3.68. The highest BCUT2D eigenvalue weighted by Crippen LogP contribution is 2.07. The molecule has 0 aliphatic heterocycles. The maximum atomic E-state index is 4.00. The first-order chi connectivity index (χ1) is 7.95. The van der Waals surface area contributed by atoms with Crippen LogP contribution in [-0.4, -0.2) is 18.1 Å². The summed E-state index contributed by atoms with van der Waals surface area (Å²) in [7, 11) is 0. The molecule has 0 unspecified atom stereocenters. The van der Waals surface area contributed by atoms with Crippen LogP contribution in [0.5, 0.6) is 0 Å². The summed E-state index contributed by atoms with van der Waals surface area (Å²) in [5, 5.41) is 5.59. The van der Waals surface area contributed by atoms with Crippen molar-refractivity contribution in [3.63, 3.8) is 0 Å². The lowest BCUT2D eigenvalue weighted by molar-refractivity contribution is 0.684. The normalized spacial score (nSPS) is 10.5. The average Bonchev–Trinajstić information content (AvgIpc) is 2.83. The Hall–Kier alpha value is -1.19. The van der Waals surface area contributed by atoms with Crippen LogP contribution in [0.3, 0.4) is 0 Å². The van der Waals surface area contributed by atoms with Gasteiger partial charge in [0.15, 0.2) is 0 Å². The van der Waals surface area contributed by atoms with Crippen molar-refractivity contribution in [2.45, 2.75) is 12.8 Å². The van der Waals surface area contributed by atoms with E-state index >= 15 is 0 Å². The third kappa shape index (κ3) is 3.76. The molecule has 0 saturated carbocycles. The van der Waals surface area contributed by atoms with Gasteiger partial charge in [0, 0.05) is 17.3 Å². The summed E-state index contributed by atoms with van der Waals surface area (Å²) in [5.74, 6) is 0. The molecule has 0 bridgehead atoms. The number of hydrogen-bond donors (Lipinski definition) is 1. The topological polar surface area (TPSA) is 24.9 Å². The molecule has 0 aliphatic rings. The Morgan fingerprint density at radius 1 is 1.06 bits per heavy atom. The molecule has 2 heterocycles. The summed E-state index contributed by atoms with van der Waals surface area (Å²) in [6.45, 7) is 2.10. The van der Waals surface area contributed by atoms with E-state index in [9.17, 15) is 0 Å². The van der Waals surface area contributed by atoms with Crippen molar-refractivity contribution in [1.29, 1.82) is 0 Å². The molecule has 0 amide bonds. The third-order valence-corrected chi connectivity index (χ3v) is 3.40. The lowest BCUT2D eigenvalue weighted by atomic mass is 10.2. The number of hydrogen-bond acceptors (Lipinski definition) is 3. The van der Waals surface area contributed by atoms with Gasteiger partial charge in [-0.25, -0.2) is 0 Å². The molecule has 0 aliphatic carbocycles. The van der Waals surface area contributed by atoms with E-state index in [1.807, 2.05) is 23.7 Å². The minimum atomic E-state index is 1.04. The number of nitrogens with one attached hydrogen (secondary N) is 1. The van der Waals surface area contributed by atoms with Gasteiger partial charge in [-0.1, -0.05) is 6.07 Å². The standard InChI is InChI=1S/C13H16N2S/c1-2-13(16-11-1)6-10-15-9-5-12-3-7-14-8-4-12/h1-4,7-8,11,15H,5-6,9-10H2. The maximum absolute atomic E-state index is 4.00. The summed E-state index contributed by atoms with van der Waals surface area (Å²) in [6.07, 6.45) is 5.91. The number of rotatable bonds is 6. The van der Waals surface area contributed by atoms with Gasteiger partial charge < -0.3 is 5.32 Å². The van der Waals surface area contributed by atoms with Gasteiger partial charge in [-0.2, -0.15) is 0 Å². The Bertz CT molecular complexity index is 384. The molecule has 3 heteroatoms. The maximum Gasteiger partial charge on any atom is 0.0270 e. The minimum Gasteiger partial charge on any atom is -0.316 e. The van der Waals surface area contributed by atoms with E-state index in [0.717, 1.165) is 25.9 Å². The molecule has 16 heavy (non-hydrogen) atoms. The van der Waals surface area contributed by atoms with Crippen molar-refractivity contribution in [1.82, 2.24) is 10.3 Å². The van der Waals surface area contributed by atoms with Gasteiger partial charge in [-0.3, -0.25) is 4.98 Å². The first-order valence-corrected chi connectivity index (χ1v) is 6.45. The Balaban J connectivity index is 1.59. The van der Waals surface area contributed by atoms with Gasteiger partial charge in [-0.15, -0.1) is 11.3 Å². The van der Waals surface area contributed by atoms with Crippen molar-refractivity contribution >= 4 is 11.3 Å². The average molecular weight is 232 g/mol. The highest BCUT2D eigenvalue weighted by atomic mass is 32.1. The molecule has 0 spiro atoms. The second-order valence-corrected chi connectivity index (χ2v) is 4.72. The van der Waals surface area contributed by atoms with Crippen LogP contribution in [0.1, 0.15) is 10.4 Å². The van der Waals surface area contributed by atoms with Crippen molar-refractivity contribution in [2.75, 3.05) is 13.1 Å². The number of thiophene rings is 1. The molecule has 0 radical (unpaired) electrons. The van der Waals surface area contributed by atoms with Crippen LogP contribution in [0.25, 0.3) is 0 Å². The SMILES string of the molecule is c1csc(CCNCCc2ccncc2)c1. The Labute approximate surface area is 100 Å². The van der Waals surface area contributed by atoms with Crippen LogP contribution in [0.2, 0.25) is 0 Å². The molecule has 0 aromatic carbocycles. The Morgan fingerprint density at radius 2 is 1.88 bits per heavy atom. The first-order valence-electron chi connectivity index (χ1n) is 5.57. The van der Waals surface area contributed by atoms with Crippen LogP contribution in [0.15, 0.2) is 42.0 Å². The van der Waals surface area contributed by atoms with E-state index in [4.69, 9.17) is 0 Å². The van der Waals surface area contributed by atoms with Gasteiger partial charge in [0.1, 0.15) is 0 Å². The van der Waals surface area contributed by atoms with Crippen molar-refractivity contribution in [2.24, 2.45) is 0 Å². The fraction of sp³-hybridized carbons (Fsp3) is 0.308. The summed E-state index contributed by atoms with van der Waals surface area (Å²) >= 11 is 1.83. The molecule has 2 aromatic heterocycles. The molecule has 2 nitrogen and oxygen atoms in total. The molecule has 1 N–H and O–H groups in total. The summed E-state index contributed by atoms with van der Waals surface area (Å²) in [6, 6.07) is 8.44.